The number of ether oxygens (including phenoxy) is 1. The van der Waals surface area contributed by atoms with E-state index in [2.05, 4.69) is 10.3 Å². The number of aromatic nitrogens is 3. The molecule has 0 fully saturated rings. The Balaban J connectivity index is 1.68. The molecule has 7 nitrogen and oxygen atoms in total. The number of hydrogen-bond donors (Lipinski definition) is 1. The maximum absolute atomic E-state index is 12.3. The average Bonchev–Trinajstić information content (AvgIpc) is 3.14. The second-order valence-electron chi connectivity index (χ2n) is 5.28. The van der Waals surface area contributed by atoms with Crippen LogP contribution in [0.3, 0.4) is 0 Å². The molecule has 23 heavy (non-hydrogen) atoms. The van der Waals surface area contributed by atoms with E-state index in [1.807, 2.05) is 17.5 Å². The lowest BCUT2D eigenvalue weighted by atomic mass is 10.2. The number of nitrogens with zero attached hydrogens (tertiary/aromatic N) is 3. The van der Waals surface area contributed by atoms with Crippen LogP contribution >= 0.6 is 11.3 Å². The first-order chi connectivity index (χ1) is 11.1. The summed E-state index contributed by atoms with van der Waals surface area (Å²) in [6, 6.07) is 3.91. The van der Waals surface area contributed by atoms with Crippen molar-refractivity contribution < 1.29 is 14.4 Å². The topological polar surface area (TPSA) is 90.4 Å². The van der Waals surface area contributed by atoms with E-state index in [-0.39, 0.29) is 24.2 Å². The van der Waals surface area contributed by atoms with Crippen molar-refractivity contribution in [1.29, 1.82) is 0 Å². The highest BCUT2D eigenvalue weighted by atomic mass is 32.1. The predicted octanol–water partition coefficient (Wildman–Crippen LogP) is 1.64. The summed E-state index contributed by atoms with van der Waals surface area (Å²) in [7, 11) is 0. The Labute approximate surface area is 136 Å². The summed E-state index contributed by atoms with van der Waals surface area (Å²) >= 11 is 1.59. The van der Waals surface area contributed by atoms with Gasteiger partial charge in [-0.05, 0) is 25.3 Å². The summed E-state index contributed by atoms with van der Waals surface area (Å²) < 4.78 is 11.7. The van der Waals surface area contributed by atoms with Gasteiger partial charge in [-0.1, -0.05) is 11.2 Å². The van der Waals surface area contributed by atoms with Gasteiger partial charge in [-0.25, -0.2) is 4.68 Å². The van der Waals surface area contributed by atoms with Crippen LogP contribution in [-0.4, -0.2) is 32.8 Å². The first kappa shape index (κ1) is 15.9. The van der Waals surface area contributed by atoms with Gasteiger partial charge in [0.1, 0.15) is 5.76 Å². The molecule has 0 radical (unpaired) electrons. The molecule has 0 saturated heterocycles. The molecule has 0 aliphatic rings. The minimum absolute atomic E-state index is 0.0476. The van der Waals surface area contributed by atoms with Crippen molar-refractivity contribution in [2.75, 3.05) is 6.61 Å². The number of aliphatic hydroxyl groups excluding tert-OH is 1. The third-order valence-electron chi connectivity index (χ3n) is 3.45. The van der Waals surface area contributed by atoms with Gasteiger partial charge in [-0.3, -0.25) is 4.79 Å². The molecule has 1 unspecified atom stereocenters. The van der Waals surface area contributed by atoms with E-state index in [0.717, 1.165) is 4.88 Å². The number of rotatable bonds is 6. The SMILES string of the molecule is Cc1nn(CC(O)COCc2cccs2)c(=O)c2noc(C)c12. The highest BCUT2D eigenvalue weighted by molar-refractivity contribution is 7.09. The molecule has 0 aliphatic carbocycles. The fourth-order valence-electron chi connectivity index (χ4n) is 2.41. The Morgan fingerprint density at radius 2 is 2.30 bits per heavy atom. The second kappa shape index (κ2) is 6.61. The van der Waals surface area contributed by atoms with Gasteiger partial charge in [-0.15, -0.1) is 11.3 Å². The Hall–Kier alpha value is -2.03. The average molecular weight is 335 g/mol. The lowest BCUT2D eigenvalue weighted by Crippen LogP contribution is -2.31. The molecule has 1 atom stereocenters. The maximum Gasteiger partial charge on any atom is 0.296 e. The van der Waals surface area contributed by atoms with Crippen molar-refractivity contribution >= 4 is 22.2 Å². The van der Waals surface area contributed by atoms with Gasteiger partial charge in [0.25, 0.3) is 5.56 Å². The molecule has 0 aliphatic heterocycles. The van der Waals surface area contributed by atoms with Crippen molar-refractivity contribution in [3.05, 3.63) is 44.2 Å². The Morgan fingerprint density at radius 1 is 1.48 bits per heavy atom. The number of fused-ring (bicyclic) bond motifs is 1. The van der Waals surface area contributed by atoms with Gasteiger partial charge >= 0.3 is 0 Å². The predicted molar refractivity (Wildman–Crippen MR) is 85.5 cm³/mol. The van der Waals surface area contributed by atoms with Gasteiger partial charge < -0.3 is 14.4 Å². The minimum Gasteiger partial charge on any atom is -0.389 e. The van der Waals surface area contributed by atoms with Gasteiger partial charge in [-0.2, -0.15) is 5.10 Å². The molecule has 3 rings (SSSR count). The third-order valence-corrected chi connectivity index (χ3v) is 4.30. The normalized spacial score (nSPS) is 12.8. The fourth-order valence-corrected chi connectivity index (χ4v) is 3.05. The first-order valence-electron chi connectivity index (χ1n) is 7.18. The number of thiophene rings is 1. The molecule has 0 bridgehead atoms. The molecule has 0 spiro atoms. The van der Waals surface area contributed by atoms with Crippen LogP contribution < -0.4 is 5.56 Å². The van der Waals surface area contributed by atoms with Gasteiger partial charge in [0.15, 0.2) is 5.52 Å². The van der Waals surface area contributed by atoms with Crippen LogP contribution in [0.15, 0.2) is 26.8 Å². The van der Waals surface area contributed by atoms with E-state index in [1.54, 1.807) is 25.2 Å². The van der Waals surface area contributed by atoms with Crippen molar-refractivity contribution in [2.45, 2.75) is 33.1 Å². The van der Waals surface area contributed by atoms with Crippen LogP contribution in [0, 0.1) is 13.8 Å². The largest absolute Gasteiger partial charge is 0.389 e. The monoisotopic (exact) mass is 335 g/mol. The quantitative estimate of drug-likeness (QED) is 0.736. The zero-order valence-corrected chi connectivity index (χ0v) is 13.7. The summed E-state index contributed by atoms with van der Waals surface area (Å²) in [5.41, 5.74) is 0.506. The zero-order chi connectivity index (χ0) is 16.4. The lowest BCUT2D eigenvalue weighted by molar-refractivity contribution is 0.0189. The van der Waals surface area contributed by atoms with Crippen LogP contribution in [0.5, 0.6) is 0 Å². The van der Waals surface area contributed by atoms with Gasteiger partial charge in [0.05, 0.1) is 36.9 Å². The molecule has 122 valence electrons. The summed E-state index contributed by atoms with van der Waals surface area (Å²) in [5.74, 6) is 0.564. The molecule has 0 aromatic carbocycles. The zero-order valence-electron chi connectivity index (χ0n) is 12.9. The summed E-state index contributed by atoms with van der Waals surface area (Å²) in [6.07, 6.45) is -0.829. The van der Waals surface area contributed by atoms with E-state index in [4.69, 9.17) is 9.26 Å². The van der Waals surface area contributed by atoms with Crippen molar-refractivity contribution in [2.24, 2.45) is 0 Å². The fraction of sp³-hybridized carbons (Fsp3) is 0.400. The number of aliphatic hydroxyl groups is 1. The Kier molecular flexibility index (Phi) is 4.56. The smallest absolute Gasteiger partial charge is 0.296 e. The van der Waals surface area contributed by atoms with E-state index in [1.165, 1.54) is 4.68 Å². The second-order valence-corrected chi connectivity index (χ2v) is 6.32. The van der Waals surface area contributed by atoms with Crippen molar-refractivity contribution in [3.8, 4) is 0 Å². The number of hydrogen-bond acceptors (Lipinski definition) is 7. The number of aryl methyl sites for hydroxylation is 2. The molecule has 3 aromatic heterocycles. The maximum atomic E-state index is 12.3. The molecule has 3 heterocycles. The molecule has 0 amide bonds. The standard InChI is InChI=1S/C15H17N3O4S/c1-9-13-10(2)22-17-14(13)15(20)18(16-9)6-11(19)7-21-8-12-4-3-5-23-12/h3-5,11,19H,6-8H2,1-2H3. The molecule has 3 aromatic rings. The van der Waals surface area contributed by atoms with Crippen LogP contribution in [0.1, 0.15) is 16.3 Å². The van der Waals surface area contributed by atoms with E-state index >= 15 is 0 Å². The minimum atomic E-state index is -0.829. The molecular formula is C15H17N3O4S. The molecule has 1 N–H and O–H groups in total. The summed E-state index contributed by atoms with van der Waals surface area (Å²) in [6.45, 7) is 4.13. The van der Waals surface area contributed by atoms with E-state index in [0.29, 0.717) is 23.4 Å². The highest BCUT2D eigenvalue weighted by Crippen LogP contribution is 2.16. The van der Waals surface area contributed by atoms with E-state index < -0.39 is 6.10 Å². The highest BCUT2D eigenvalue weighted by Gasteiger charge is 2.17. The molecular weight excluding hydrogens is 318 g/mol. The Bertz CT molecular complexity index is 854. The lowest BCUT2D eigenvalue weighted by Gasteiger charge is -2.12. The molecule has 0 saturated carbocycles. The molecule has 8 heteroatoms. The Morgan fingerprint density at radius 3 is 3.04 bits per heavy atom. The van der Waals surface area contributed by atoms with Gasteiger partial charge in [0.2, 0.25) is 0 Å². The summed E-state index contributed by atoms with van der Waals surface area (Å²) in [5, 5.41) is 20.7. The van der Waals surface area contributed by atoms with Gasteiger partial charge in [0, 0.05) is 4.88 Å². The van der Waals surface area contributed by atoms with Crippen LogP contribution in [-0.2, 0) is 17.9 Å². The first-order valence-corrected chi connectivity index (χ1v) is 8.06. The van der Waals surface area contributed by atoms with Crippen molar-refractivity contribution in [1.82, 2.24) is 14.9 Å². The summed E-state index contributed by atoms with van der Waals surface area (Å²) in [4.78, 5) is 13.4. The van der Waals surface area contributed by atoms with E-state index in [9.17, 15) is 9.90 Å². The van der Waals surface area contributed by atoms with Crippen LogP contribution in [0.25, 0.3) is 10.9 Å². The van der Waals surface area contributed by atoms with Crippen LogP contribution in [0.4, 0.5) is 0 Å². The third kappa shape index (κ3) is 3.34. The van der Waals surface area contributed by atoms with Crippen molar-refractivity contribution in [3.63, 3.8) is 0 Å². The van der Waals surface area contributed by atoms with Crippen LogP contribution in [0.2, 0.25) is 0 Å².